The van der Waals surface area contributed by atoms with Crippen molar-refractivity contribution in [3.8, 4) is 0 Å². The molecule has 118 valence electrons. The number of primary amides is 1. The lowest BCUT2D eigenvalue weighted by Gasteiger charge is -2.40. The van der Waals surface area contributed by atoms with Crippen LogP contribution in [0.3, 0.4) is 0 Å². The van der Waals surface area contributed by atoms with Gasteiger partial charge in [-0.3, -0.25) is 14.5 Å². The maximum atomic E-state index is 11.9. The molecule has 0 radical (unpaired) electrons. The van der Waals surface area contributed by atoms with E-state index in [4.69, 9.17) is 5.73 Å². The number of H-pyrrole nitrogens is 1. The van der Waals surface area contributed by atoms with Gasteiger partial charge in [-0.05, 0) is 55.6 Å². The summed E-state index contributed by atoms with van der Waals surface area (Å²) in [6, 6.07) is 2.35. The van der Waals surface area contributed by atoms with E-state index in [1.165, 1.54) is 38.5 Å². The van der Waals surface area contributed by atoms with Gasteiger partial charge >= 0.3 is 0 Å². The van der Waals surface area contributed by atoms with Crippen molar-refractivity contribution in [2.45, 2.75) is 57.5 Å². The van der Waals surface area contributed by atoms with E-state index in [1.807, 2.05) is 0 Å². The lowest BCUT2D eigenvalue weighted by atomic mass is 9.67. The van der Waals surface area contributed by atoms with Crippen molar-refractivity contribution < 1.29 is 4.79 Å². The van der Waals surface area contributed by atoms with E-state index < -0.39 is 5.91 Å². The van der Waals surface area contributed by atoms with Gasteiger partial charge in [0.15, 0.2) is 0 Å². The highest BCUT2D eigenvalue weighted by molar-refractivity contribution is 5.92. The second kappa shape index (κ2) is 4.95. The summed E-state index contributed by atoms with van der Waals surface area (Å²) in [7, 11) is 0. The lowest BCUT2D eigenvalue weighted by Crippen LogP contribution is -2.41. The van der Waals surface area contributed by atoms with Gasteiger partial charge < -0.3 is 10.7 Å². The van der Waals surface area contributed by atoms with Crippen LogP contribution in [-0.4, -0.2) is 28.4 Å². The third kappa shape index (κ3) is 2.19. The number of hydrogen-bond donors (Lipinski definition) is 2. The number of nitrogens with one attached hydrogen (secondary N) is 1. The first-order chi connectivity index (χ1) is 10.6. The van der Waals surface area contributed by atoms with Gasteiger partial charge in [-0.1, -0.05) is 6.42 Å². The summed E-state index contributed by atoms with van der Waals surface area (Å²) < 4.78 is 0. The Bertz CT molecular complexity index is 675. The molecule has 5 heteroatoms. The molecule has 3 N–H and O–H groups in total. The Hall–Kier alpha value is -1.62. The van der Waals surface area contributed by atoms with Gasteiger partial charge in [0.1, 0.15) is 5.56 Å². The van der Waals surface area contributed by atoms with Crippen LogP contribution in [0.15, 0.2) is 10.9 Å². The number of fused-ring (bicyclic) bond motifs is 1. The predicted octanol–water partition coefficient (Wildman–Crippen LogP) is 1.55. The SMILES string of the molecule is NC(=O)c1cc2c([nH]c1=O)CN(C1CCC3(CCC3)C1)CC2. The van der Waals surface area contributed by atoms with E-state index in [0.29, 0.717) is 11.5 Å². The summed E-state index contributed by atoms with van der Waals surface area (Å²) in [5.74, 6) is -0.644. The Kier molecular flexibility index (Phi) is 3.15. The van der Waals surface area contributed by atoms with E-state index in [2.05, 4.69) is 9.88 Å². The van der Waals surface area contributed by atoms with Crippen molar-refractivity contribution in [3.05, 3.63) is 33.2 Å². The van der Waals surface area contributed by atoms with Crippen LogP contribution in [0.1, 0.15) is 60.1 Å². The topological polar surface area (TPSA) is 79.2 Å². The zero-order valence-corrected chi connectivity index (χ0v) is 12.9. The number of aromatic amines is 1. The molecule has 1 aliphatic heterocycles. The van der Waals surface area contributed by atoms with Crippen LogP contribution in [0.5, 0.6) is 0 Å². The minimum absolute atomic E-state index is 0.0847. The first-order valence-electron chi connectivity index (χ1n) is 8.35. The lowest BCUT2D eigenvalue weighted by molar-refractivity contribution is 0.0997. The standard InChI is InChI=1S/C17H23N3O2/c18-15(21)13-8-11-3-7-20(10-14(11)19-16(13)22)12-2-6-17(9-12)4-1-5-17/h8,12H,1-7,9-10H2,(H2,18,21)(H,19,22). The molecule has 0 aromatic carbocycles. The van der Waals surface area contributed by atoms with Gasteiger partial charge in [0.05, 0.1) is 0 Å². The molecule has 22 heavy (non-hydrogen) atoms. The first kappa shape index (κ1) is 14.0. The summed E-state index contributed by atoms with van der Waals surface area (Å²) in [5, 5.41) is 0. The number of carbonyl (C=O) groups is 1. The molecule has 4 rings (SSSR count). The molecule has 1 spiro atoms. The summed E-state index contributed by atoms with van der Waals surface area (Å²) in [4.78, 5) is 28.6. The Morgan fingerprint density at radius 2 is 2.18 bits per heavy atom. The Morgan fingerprint density at radius 1 is 1.36 bits per heavy atom. The fourth-order valence-electron chi connectivity index (χ4n) is 4.64. The molecular weight excluding hydrogens is 278 g/mol. The Balaban J connectivity index is 1.53. The first-order valence-corrected chi connectivity index (χ1v) is 8.35. The van der Waals surface area contributed by atoms with Crippen LogP contribution in [0.4, 0.5) is 0 Å². The van der Waals surface area contributed by atoms with Crippen LogP contribution in [0.2, 0.25) is 0 Å². The quantitative estimate of drug-likeness (QED) is 0.870. The highest BCUT2D eigenvalue weighted by atomic mass is 16.2. The third-order valence-corrected chi connectivity index (χ3v) is 6.12. The molecule has 0 bridgehead atoms. The molecule has 2 saturated carbocycles. The largest absolute Gasteiger partial charge is 0.365 e. The van der Waals surface area contributed by atoms with Gasteiger partial charge in [0.2, 0.25) is 0 Å². The molecule has 2 aliphatic carbocycles. The van der Waals surface area contributed by atoms with Crippen molar-refractivity contribution >= 4 is 5.91 Å². The zero-order chi connectivity index (χ0) is 15.3. The second-order valence-electron chi connectivity index (χ2n) is 7.35. The van der Waals surface area contributed by atoms with E-state index in [-0.39, 0.29) is 11.1 Å². The van der Waals surface area contributed by atoms with Gasteiger partial charge in [-0.2, -0.15) is 0 Å². The van der Waals surface area contributed by atoms with Crippen molar-refractivity contribution in [3.63, 3.8) is 0 Å². The number of carbonyl (C=O) groups excluding carboxylic acids is 1. The third-order valence-electron chi connectivity index (χ3n) is 6.12. The number of aromatic nitrogens is 1. The van der Waals surface area contributed by atoms with E-state index in [0.717, 1.165) is 30.8 Å². The maximum Gasteiger partial charge on any atom is 0.261 e. The molecule has 1 aromatic rings. The van der Waals surface area contributed by atoms with Gasteiger partial charge in [-0.15, -0.1) is 0 Å². The summed E-state index contributed by atoms with van der Waals surface area (Å²) >= 11 is 0. The molecule has 1 amide bonds. The maximum absolute atomic E-state index is 11.9. The van der Waals surface area contributed by atoms with Crippen LogP contribution in [-0.2, 0) is 13.0 Å². The van der Waals surface area contributed by atoms with Crippen LogP contribution < -0.4 is 11.3 Å². The zero-order valence-electron chi connectivity index (χ0n) is 12.9. The minimum atomic E-state index is -0.644. The number of pyridine rings is 1. The molecular formula is C17H23N3O2. The van der Waals surface area contributed by atoms with Gasteiger partial charge in [0, 0.05) is 24.8 Å². The number of hydrogen-bond acceptors (Lipinski definition) is 3. The van der Waals surface area contributed by atoms with Gasteiger partial charge in [0.25, 0.3) is 11.5 Å². The molecule has 5 nitrogen and oxygen atoms in total. The molecule has 2 heterocycles. The molecule has 0 saturated heterocycles. The van der Waals surface area contributed by atoms with Crippen molar-refractivity contribution in [1.29, 1.82) is 0 Å². The highest BCUT2D eigenvalue weighted by Crippen LogP contribution is 2.54. The van der Waals surface area contributed by atoms with E-state index in [9.17, 15) is 9.59 Å². The Labute approximate surface area is 129 Å². The smallest absolute Gasteiger partial charge is 0.261 e. The van der Waals surface area contributed by atoms with Gasteiger partial charge in [-0.25, -0.2) is 0 Å². The monoisotopic (exact) mass is 301 g/mol. The number of nitrogens with two attached hydrogens (primary N) is 1. The molecule has 1 unspecified atom stereocenters. The fraction of sp³-hybridized carbons (Fsp3) is 0.647. The van der Waals surface area contributed by atoms with Crippen LogP contribution >= 0.6 is 0 Å². The average molecular weight is 301 g/mol. The second-order valence-corrected chi connectivity index (χ2v) is 7.35. The van der Waals surface area contributed by atoms with E-state index in [1.54, 1.807) is 6.07 Å². The summed E-state index contributed by atoms with van der Waals surface area (Å²) in [5.41, 5.74) is 7.68. The van der Waals surface area contributed by atoms with Crippen molar-refractivity contribution in [2.75, 3.05) is 6.54 Å². The molecule has 1 atom stereocenters. The summed E-state index contributed by atoms with van der Waals surface area (Å²) in [6.45, 7) is 1.81. The fourth-order valence-corrected chi connectivity index (χ4v) is 4.64. The number of amides is 1. The normalized spacial score (nSPS) is 26.6. The molecule has 1 aromatic heterocycles. The predicted molar refractivity (Wildman–Crippen MR) is 83.6 cm³/mol. The van der Waals surface area contributed by atoms with Crippen molar-refractivity contribution in [1.82, 2.24) is 9.88 Å². The van der Waals surface area contributed by atoms with Crippen LogP contribution in [0, 0.1) is 5.41 Å². The molecule has 2 fully saturated rings. The summed E-state index contributed by atoms with van der Waals surface area (Å²) in [6.07, 6.45) is 9.09. The van der Waals surface area contributed by atoms with Crippen molar-refractivity contribution in [2.24, 2.45) is 11.1 Å². The number of rotatable bonds is 2. The average Bonchev–Trinajstić information content (AvgIpc) is 2.91. The molecule has 3 aliphatic rings. The van der Waals surface area contributed by atoms with Crippen LogP contribution in [0.25, 0.3) is 0 Å². The minimum Gasteiger partial charge on any atom is -0.365 e. The number of nitrogens with zero attached hydrogens (tertiary/aromatic N) is 1. The highest BCUT2D eigenvalue weighted by Gasteiger charge is 2.45. The Morgan fingerprint density at radius 3 is 2.82 bits per heavy atom. The van der Waals surface area contributed by atoms with E-state index >= 15 is 0 Å².